The third-order valence-electron chi connectivity index (χ3n) is 2.57. The topological polar surface area (TPSA) is 67.6 Å². The summed E-state index contributed by atoms with van der Waals surface area (Å²) in [6, 6.07) is 2.04. The second-order valence-electron chi connectivity index (χ2n) is 4.30. The molecule has 18 heavy (non-hydrogen) atoms. The molecule has 0 spiro atoms. The fraction of sp³-hybridized carbons (Fsp3) is 0.583. The third kappa shape index (κ3) is 3.61. The second kappa shape index (κ2) is 6.61. The first-order valence-corrected chi connectivity index (χ1v) is 6.67. The van der Waals surface area contributed by atoms with Gasteiger partial charge in [-0.05, 0) is 12.5 Å². The predicted molar refractivity (Wildman–Crippen MR) is 76.3 cm³/mol. The minimum Gasteiger partial charge on any atom is -0.397 e. The van der Waals surface area contributed by atoms with Gasteiger partial charge in [-0.15, -0.1) is 11.3 Å². The summed E-state index contributed by atoms with van der Waals surface area (Å²) in [6.45, 7) is 2.71. The average Bonchev–Trinajstić information content (AvgIpc) is 2.68. The van der Waals surface area contributed by atoms with Crippen molar-refractivity contribution in [1.29, 1.82) is 0 Å². The van der Waals surface area contributed by atoms with Gasteiger partial charge >= 0.3 is 0 Å². The van der Waals surface area contributed by atoms with Gasteiger partial charge < -0.3 is 20.7 Å². The van der Waals surface area contributed by atoms with Crippen molar-refractivity contribution in [3.05, 3.63) is 10.9 Å². The molecular weight excluding hydrogens is 250 g/mol. The fourth-order valence-corrected chi connectivity index (χ4v) is 2.59. The number of ether oxygens (including phenoxy) is 1. The van der Waals surface area contributed by atoms with Gasteiger partial charge in [-0.1, -0.05) is 6.92 Å². The molecule has 0 aliphatic carbocycles. The SMILES string of the molecule is CCC(COC)Nc1cc(N)c(C(=O)N(C)C)s1. The minimum absolute atomic E-state index is 0.0645. The molecule has 1 heterocycles. The largest absolute Gasteiger partial charge is 0.397 e. The van der Waals surface area contributed by atoms with E-state index in [4.69, 9.17) is 10.5 Å². The Hall–Kier alpha value is -1.27. The lowest BCUT2D eigenvalue weighted by Gasteiger charge is -2.15. The molecule has 102 valence electrons. The van der Waals surface area contributed by atoms with Crippen LogP contribution in [-0.4, -0.2) is 44.7 Å². The van der Waals surface area contributed by atoms with Crippen LogP contribution in [0.15, 0.2) is 6.07 Å². The summed E-state index contributed by atoms with van der Waals surface area (Å²) in [5.74, 6) is -0.0645. The van der Waals surface area contributed by atoms with E-state index in [9.17, 15) is 4.79 Å². The Labute approximate surface area is 112 Å². The summed E-state index contributed by atoms with van der Waals surface area (Å²) < 4.78 is 5.13. The standard InChI is InChI=1S/C12H21N3O2S/c1-5-8(7-17-4)14-10-6-9(13)11(18-10)12(16)15(2)3/h6,8,14H,5,7,13H2,1-4H3. The van der Waals surface area contributed by atoms with Crippen LogP contribution in [0.3, 0.4) is 0 Å². The van der Waals surface area contributed by atoms with Gasteiger partial charge in [-0.25, -0.2) is 0 Å². The number of nitrogens with zero attached hydrogens (tertiary/aromatic N) is 1. The first-order chi connectivity index (χ1) is 8.49. The van der Waals surface area contributed by atoms with Crippen LogP contribution in [0.2, 0.25) is 0 Å². The zero-order valence-electron chi connectivity index (χ0n) is 11.3. The molecule has 5 nitrogen and oxygen atoms in total. The zero-order valence-corrected chi connectivity index (χ0v) is 12.1. The number of rotatable bonds is 6. The second-order valence-corrected chi connectivity index (χ2v) is 5.35. The monoisotopic (exact) mass is 271 g/mol. The molecule has 0 saturated carbocycles. The Kier molecular flexibility index (Phi) is 5.43. The van der Waals surface area contributed by atoms with E-state index >= 15 is 0 Å². The van der Waals surface area contributed by atoms with Crippen LogP contribution in [0.1, 0.15) is 23.0 Å². The number of methoxy groups -OCH3 is 1. The molecule has 6 heteroatoms. The van der Waals surface area contributed by atoms with Crippen molar-refractivity contribution in [3.8, 4) is 0 Å². The molecule has 0 aliphatic heterocycles. The number of nitrogens with one attached hydrogen (secondary N) is 1. The summed E-state index contributed by atoms with van der Waals surface area (Å²) in [5, 5.41) is 4.23. The van der Waals surface area contributed by atoms with E-state index in [0.29, 0.717) is 17.2 Å². The zero-order chi connectivity index (χ0) is 13.7. The van der Waals surface area contributed by atoms with E-state index in [-0.39, 0.29) is 11.9 Å². The highest BCUT2D eigenvalue weighted by Gasteiger charge is 2.17. The van der Waals surface area contributed by atoms with Crippen LogP contribution in [0, 0.1) is 0 Å². The van der Waals surface area contributed by atoms with E-state index < -0.39 is 0 Å². The van der Waals surface area contributed by atoms with Crippen molar-refractivity contribution in [3.63, 3.8) is 0 Å². The highest BCUT2D eigenvalue weighted by atomic mass is 32.1. The van der Waals surface area contributed by atoms with Gasteiger partial charge in [0.2, 0.25) is 0 Å². The Morgan fingerprint density at radius 2 is 2.28 bits per heavy atom. The quantitative estimate of drug-likeness (QED) is 0.829. The van der Waals surface area contributed by atoms with E-state index in [1.165, 1.54) is 16.2 Å². The Bertz CT molecular complexity index is 404. The summed E-state index contributed by atoms with van der Waals surface area (Å²) in [5.41, 5.74) is 6.38. The van der Waals surface area contributed by atoms with Crippen LogP contribution in [-0.2, 0) is 4.74 Å². The molecule has 1 aromatic rings. The average molecular weight is 271 g/mol. The minimum atomic E-state index is -0.0645. The van der Waals surface area contributed by atoms with Gasteiger partial charge in [0.25, 0.3) is 5.91 Å². The normalized spacial score (nSPS) is 12.2. The summed E-state index contributed by atoms with van der Waals surface area (Å²) in [7, 11) is 5.11. The molecule has 0 saturated heterocycles. The van der Waals surface area contributed by atoms with Gasteiger partial charge in [-0.3, -0.25) is 4.79 Å². The number of nitrogens with two attached hydrogens (primary N) is 1. The number of hydrogen-bond acceptors (Lipinski definition) is 5. The number of carbonyl (C=O) groups is 1. The van der Waals surface area contributed by atoms with Crippen LogP contribution in [0.5, 0.6) is 0 Å². The molecule has 1 atom stereocenters. The Morgan fingerprint density at radius 1 is 1.61 bits per heavy atom. The Balaban J connectivity index is 2.80. The van der Waals surface area contributed by atoms with Crippen LogP contribution in [0.25, 0.3) is 0 Å². The lowest BCUT2D eigenvalue weighted by Crippen LogP contribution is -2.23. The van der Waals surface area contributed by atoms with E-state index in [1.54, 1.807) is 27.3 Å². The van der Waals surface area contributed by atoms with Gasteiger partial charge in [0.1, 0.15) is 4.88 Å². The molecule has 3 N–H and O–H groups in total. The van der Waals surface area contributed by atoms with E-state index in [0.717, 1.165) is 11.4 Å². The Morgan fingerprint density at radius 3 is 2.78 bits per heavy atom. The van der Waals surface area contributed by atoms with Crippen molar-refractivity contribution < 1.29 is 9.53 Å². The summed E-state index contributed by atoms with van der Waals surface area (Å²) >= 11 is 1.38. The van der Waals surface area contributed by atoms with Gasteiger partial charge in [0.05, 0.1) is 17.3 Å². The highest BCUT2D eigenvalue weighted by Crippen LogP contribution is 2.30. The number of thiophene rings is 1. The molecule has 1 aromatic heterocycles. The fourth-order valence-electron chi connectivity index (χ4n) is 1.51. The predicted octanol–water partition coefficient (Wildman–Crippen LogP) is 1.87. The van der Waals surface area contributed by atoms with Gasteiger partial charge in [0, 0.05) is 27.2 Å². The van der Waals surface area contributed by atoms with Crippen molar-refractivity contribution in [2.24, 2.45) is 0 Å². The number of hydrogen-bond donors (Lipinski definition) is 2. The number of carbonyl (C=O) groups excluding carboxylic acids is 1. The van der Waals surface area contributed by atoms with Crippen LogP contribution >= 0.6 is 11.3 Å². The van der Waals surface area contributed by atoms with Crippen molar-refractivity contribution >= 4 is 27.9 Å². The molecular formula is C12H21N3O2S. The lowest BCUT2D eigenvalue weighted by atomic mass is 10.2. The van der Waals surface area contributed by atoms with E-state index in [1.807, 2.05) is 0 Å². The molecule has 0 radical (unpaired) electrons. The molecule has 1 rings (SSSR count). The highest BCUT2D eigenvalue weighted by molar-refractivity contribution is 7.18. The van der Waals surface area contributed by atoms with Gasteiger partial charge in [0.15, 0.2) is 0 Å². The molecule has 0 bridgehead atoms. The summed E-state index contributed by atoms with van der Waals surface area (Å²) in [6.07, 6.45) is 0.947. The first-order valence-electron chi connectivity index (χ1n) is 5.86. The van der Waals surface area contributed by atoms with Crippen molar-refractivity contribution in [2.45, 2.75) is 19.4 Å². The smallest absolute Gasteiger partial charge is 0.265 e. The maximum absolute atomic E-state index is 11.9. The molecule has 0 aromatic carbocycles. The molecule has 1 unspecified atom stereocenters. The maximum Gasteiger partial charge on any atom is 0.265 e. The summed E-state index contributed by atoms with van der Waals surface area (Å²) in [4.78, 5) is 14.0. The van der Waals surface area contributed by atoms with E-state index in [2.05, 4.69) is 12.2 Å². The number of amides is 1. The first kappa shape index (κ1) is 14.8. The van der Waals surface area contributed by atoms with Crippen LogP contribution in [0.4, 0.5) is 10.7 Å². The van der Waals surface area contributed by atoms with Crippen molar-refractivity contribution in [1.82, 2.24) is 4.90 Å². The lowest BCUT2D eigenvalue weighted by molar-refractivity contribution is 0.0833. The number of anilines is 2. The molecule has 0 fully saturated rings. The molecule has 1 amide bonds. The maximum atomic E-state index is 11.9. The van der Waals surface area contributed by atoms with Crippen molar-refractivity contribution in [2.75, 3.05) is 38.9 Å². The van der Waals surface area contributed by atoms with Crippen LogP contribution < -0.4 is 11.1 Å². The number of nitrogen functional groups attached to an aromatic ring is 1. The van der Waals surface area contributed by atoms with Gasteiger partial charge in [-0.2, -0.15) is 0 Å². The molecule has 0 aliphatic rings. The third-order valence-corrected chi connectivity index (χ3v) is 3.64.